The van der Waals surface area contributed by atoms with E-state index in [0.29, 0.717) is 0 Å². The molecular formula is C15H15BrN2OS2. The number of benzene rings is 1. The van der Waals surface area contributed by atoms with Gasteiger partial charge in [-0.3, -0.25) is 11.3 Å². The zero-order valence-corrected chi connectivity index (χ0v) is 14.6. The van der Waals surface area contributed by atoms with Gasteiger partial charge in [-0.25, -0.2) is 0 Å². The van der Waals surface area contributed by atoms with Gasteiger partial charge in [0.25, 0.3) is 0 Å². The van der Waals surface area contributed by atoms with E-state index in [9.17, 15) is 0 Å². The molecule has 3 N–H and O–H groups in total. The molecule has 2 heterocycles. The molecular weight excluding hydrogens is 368 g/mol. The lowest BCUT2D eigenvalue weighted by atomic mass is 10.1. The number of halogens is 1. The summed E-state index contributed by atoms with van der Waals surface area (Å²) >= 11 is 7.09. The Kier molecular flexibility index (Phi) is 4.61. The Balaban J connectivity index is 1.83. The summed E-state index contributed by atoms with van der Waals surface area (Å²) < 4.78 is 8.88. The lowest BCUT2D eigenvalue weighted by molar-refractivity contribution is 0.412. The summed E-state index contributed by atoms with van der Waals surface area (Å²) in [5.74, 6) is 6.60. The van der Waals surface area contributed by atoms with E-state index in [1.807, 2.05) is 6.07 Å². The van der Waals surface area contributed by atoms with Crippen molar-refractivity contribution in [1.82, 2.24) is 5.43 Å². The van der Waals surface area contributed by atoms with Crippen LogP contribution in [0.3, 0.4) is 0 Å². The fraction of sp³-hybridized carbons (Fsp3) is 0.200. The van der Waals surface area contributed by atoms with E-state index in [1.165, 1.54) is 19.8 Å². The van der Waals surface area contributed by atoms with Crippen molar-refractivity contribution in [3.63, 3.8) is 0 Å². The first-order chi connectivity index (χ1) is 10.2. The van der Waals surface area contributed by atoms with Gasteiger partial charge in [0.2, 0.25) is 0 Å². The minimum Gasteiger partial charge on any atom is -0.496 e. The molecule has 0 aliphatic rings. The van der Waals surface area contributed by atoms with Gasteiger partial charge in [-0.15, -0.1) is 22.7 Å². The van der Waals surface area contributed by atoms with Crippen LogP contribution in [0.5, 0.6) is 5.75 Å². The van der Waals surface area contributed by atoms with E-state index >= 15 is 0 Å². The summed E-state index contributed by atoms with van der Waals surface area (Å²) in [6, 6.07) is 10.6. The number of thiophene rings is 2. The summed E-state index contributed by atoms with van der Waals surface area (Å²) in [7, 11) is 1.67. The van der Waals surface area contributed by atoms with Gasteiger partial charge in [0.05, 0.1) is 17.6 Å². The van der Waals surface area contributed by atoms with Crippen LogP contribution >= 0.6 is 38.6 Å². The Hall–Kier alpha value is -0.920. The van der Waals surface area contributed by atoms with Crippen LogP contribution in [0.4, 0.5) is 0 Å². The van der Waals surface area contributed by atoms with Crippen LogP contribution in [-0.2, 0) is 6.42 Å². The lowest BCUT2D eigenvalue weighted by Gasteiger charge is -2.15. The minimum atomic E-state index is 0.120. The number of nitrogens with one attached hydrogen (secondary N) is 1. The molecule has 0 aliphatic heterocycles. The number of ether oxygens (including phenoxy) is 1. The van der Waals surface area contributed by atoms with Gasteiger partial charge < -0.3 is 4.74 Å². The highest BCUT2D eigenvalue weighted by atomic mass is 79.9. The molecule has 0 amide bonds. The van der Waals surface area contributed by atoms with Gasteiger partial charge in [0.1, 0.15) is 5.75 Å². The first kappa shape index (κ1) is 15.0. The van der Waals surface area contributed by atoms with Crippen molar-refractivity contribution in [3.05, 3.63) is 50.6 Å². The predicted molar refractivity (Wildman–Crippen MR) is 94.2 cm³/mol. The summed E-state index contributed by atoms with van der Waals surface area (Å²) in [5.41, 5.74) is 4.14. The van der Waals surface area contributed by atoms with Crippen molar-refractivity contribution < 1.29 is 4.74 Å². The molecule has 110 valence electrons. The van der Waals surface area contributed by atoms with E-state index < -0.39 is 0 Å². The van der Waals surface area contributed by atoms with E-state index in [4.69, 9.17) is 10.6 Å². The predicted octanol–water partition coefficient (Wildman–Crippen LogP) is 4.48. The summed E-state index contributed by atoms with van der Waals surface area (Å²) in [6.07, 6.45) is 0.840. The molecule has 0 spiro atoms. The molecule has 0 saturated carbocycles. The molecule has 1 atom stereocenters. The fourth-order valence-electron chi connectivity index (χ4n) is 2.27. The number of hydrogen-bond acceptors (Lipinski definition) is 5. The second-order valence-corrected chi connectivity index (χ2v) is 7.61. The lowest BCUT2D eigenvalue weighted by Crippen LogP contribution is -2.28. The third kappa shape index (κ3) is 3.14. The first-order valence-corrected chi connectivity index (χ1v) is 8.95. The average Bonchev–Trinajstić information content (AvgIpc) is 3.06. The highest BCUT2D eigenvalue weighted by Crippen LogP contribution is 2.35. The smallest absolute Gasteiger partial charge is 0.133 e. The molecule has 2 aromatic heterocycles. The van der Waals surface area contributed by atoms with E-state index in [1.54, 1.807) is 29.8 Å². The number of fused-ring (bicyclic) bond motifs is 1. The second kappa shape index (κ2) is 6.46. The topological polar surface area (TPSA) is 47.3 Å². The average molecular weight is 383 g/mol. The first-order valence-electron chi connectivity index (χ1n) is 6.46. The summed E-state index contributed by atoms with van der Waals surface area (Å²) in [5, 5.41) is 2.12. The van der Waals surface area contributed by atoms with Crippen molar-refractivity contribution in [2.75, 3.05) is 7.11 Å². The van der Waals surface area contributed by atoms with Crippen LogP contribution in [0, 0.1) is 0 Å². The number of methoxy groups -OCH3 is 1. The Bertz CT molecular complexity index is 725. The largest absolute Gasteiger partial charge is 0.496 e. The zero-order valence-electron chi connectivity index (χ0n) is 11.4. The molecule has 0 bridgehead atoms. The molecule has 3 nitrogen and oxygen atoms in total. The third-order valence-corrected chi connectivity index (χ3v) is 6.19. The number of hydrazine groups is 1. The molecule has 1 unspecified atom stereocenters. The maximum absolute atomic E-state index is 5.76. The molecule has 0 aliphatic carbocycles. The van der Waals surface area contributed by atoms with Gasteiger partial charge in [-0.1, -0.05) is 6.07 Å². The molecule has 0 saturated heterocycles. The summed E-state index contributed by atoms with van der Waals surface area (Å²) in [6.45, 7) is 0. The summed E-state index contributed by atoms with van der Waals surface area (Å²) in [4.78, 5) is 1.27. The number of nitrogens with two attached hydrogens (primary N) is 1. The number of rotatable bonds is 5. The second-order valence-electron chi connectivity index (χ2n) is 4.69. The quantitative estimate of drug-likeness (QED) is 0.505. The Morgan fingerprint density at radius 1 is 1.29 bits per heavy atom. The Labute approximate surface area is 139 Å². The van der Waals surface area contributed by atoms with Crippen molar-refractivity contribution >= 4 is 48.0 Å². The Morgan fingerprint density at radius 3 is 2.81 bits per heavy atom. The molecule has 3 aromatic rings. The minimum absolute atomic E-state index is 0.120. The highest BCUT2D eigenvalue weighted by Gasteiger charge is 2.15. The van der Waals surface area contributed by atoms with Crippen LogP contribution in [-0.4, -0.2) is 7.11 Å². The normalized spacial score (nSPS) is 12.7. The van der Waals surface area contributed by atoms with E-state index in [0.717, 1.165) is 16.6 Å². The van der Waals surface area contributed by atoms with Crippen molar-refractivity contribution in [3.8, 4) is 5.75 Å². The van der Waals surface area contributed by atoms with Crippen LogP contribution in [0.15, 0.2) is 40.2 Å². The van der Waals surface area contributed by atoms with Crippen molar-refractivity contribution in [2.45, 2.75) is 12.5 Å². The van der Waals surface area contributed by atoms with Gasteiger partial charge in [-0.2, -0.15) is 0 Å². The standard InChI is InChI=1S/C15H15BrN2OS2/c1-19-12-3-2-9(6-10(12)16)7-11(18-17)14-8-15-13(21-14)4-5-20-15/h2-6,8,11,18H,7,17H2,1H3. The molecule has 3 rings (SSSR count). The Morgan fingerprint density at radius 2 is 2.14 bits per heavy atom. The van der Waals surface area contributed by atoms with Gasteiger partial charge in [0.15, 0.2) is 0 Å². The van der Waals surface area contributed by atoms with E-state index in [2.05, 4.69) is 51.0 Å². The van der Waals surface area contributed by atoms with Gasteiger partial charge >= 0.3 is 0 Å². The van der Waals surface area contributed by atoms with Gasteiger partial charge in [-0.05, 0) is 57.6 Å². The molecule has 21 heavy (non-hydrogen) atoms. The van der Waals surface area contributed by atoms with Crippen molar-refractivity contribution in [2.24, 2.45) is 5.84 Å². The van der Waals surface area contributed by atoms with Crippen LogP contribution < -0.4 is 16.0 Å². The zero-order chi connectivity index (χ0) is 14.8. The monoisotopic (exact) mass is 382 g/mol. The van der Waals surface area contributed by atoms with Crippen LogP contribution in [0.1, 0.15) is 16.5 Å². The van der Waals surface area contributed by atoms with Crippen LogP contribution in [0.2, 0.25) is 0 Å². The maximum Gasteiger partial charge on any atom is 0.133 e. The maximum atomic E-state index is 5.76. The third-order valence-electron chi connectivity index (χ3n) is 3.36. The van der Waals surface area contributed by atoms with Crippen LogP contribution in [0.25, 0.3) is 9.40 Å². The van der Waals surface area contributed by atoms with Crippen molar-refractivity contribution in [1.29, 1.82) is 0 Å². The highest BCUT2D eigenvalue weighted by molar-refractivity contribution is 9.10. The molecule has 6 heteroatoms. The molecule has 0 fully saturated rings. The van der Waals surface area contributed by atoms with Gasteiger partial charge in [0, 0.05) is 14.3 Å². The molecule has 0 radical (unpaired) electrons. The fourth-order valence-corrected chi connectivity index (χ4v) is 5.04. The number of hydrogen-bond donors (Lipinski definition) is 2. The SMILES string of the molecule is COc1ccc(CC(NN)c2cc3sccc3s2)cc1Br. The van der Waals surface area contributed by atoms with E-state index in [-0.39, 0.29) is 6.04 Å². The molecule has 1 aromatic carbocycles.